The lowest BCUT2D eigenvalue weighted by molar-refractivity contribution is 1.26. The van der Waals surface area contributed by atoms with Gasteiger partial charge in [-0.15, -0.1) is 0 Å². The zero-order chi connectivity index (χ0) is 3.70. The van der Waals surface area contributed by atoms with Crippen LogP contribution < -0.4 is 0 Å². The van der Waals surface area contributed by atoms with Gasteiger partial charge in [0.2, 0.25) is 0 Å². The molecule has 0 saturated carbocycles. The van der Waals surface area contributed by atoms with Crippen LogP contribution in [0.2, 0.25) is 12.1 Å². The van der Waals surface area contributed by atoms with E-state index in [1.165, 1.54) is 10.7 Å². The van der Waals surface area contributed by atoms with Crippen molar-refractivity contribution in [2.75, 3.05) is 4.43 Å². The van der Waals surface area contributed by atoms with Crippen LogP contribution in [0.1, 0.15) is 0 Å². The van der Waals surface area contributed by atoms with Crippen LogP contribution in [-0.4, -0.2) is 11.7 Å². The molecule has 1 atom stereocenters. The normalized spacial score (nSPS) is 32.6. The third-order valence-electron chi connectivity index (χ3n) is 0.767. The largest absolute Gasteiger partial charge is 0.113 e. The van der Waals surface area contributed by atoms with Gasteiger partial charge in [0.25, 0.3) is 0 Å². The van der Waals surface area contributed by atoms with E-state index in [2.05, 4.69) is 29.9 Å². The van der Waals surface area contributed by atoms with Crippen molar-refractivity contribution >= 4 is 29.9 Å². The molecular weight excluding hydrogens is 174 g/mol. The summed E-state index contributed by atoms with van der Waals surface area (Å²) in [6, 6.07) is 0. The second-order valence-corrected chi connectivity index (χ2v) is 2.27. The van der Waals surface area contributed by atoms with Gasteiger partial charge in [-0.2, -0.15) is 0 Å². The predicted octanol–water partition coefficient (Wildman–Crippen LogP) is 1.35. The minimum atomic E-state index is 0.996. The van der Waals surface area contributed by atoms with E-state index in [4.69, 9.17) is 0 Å². The van der Waals surface area contributed by atoms with E-state index in [0.29, 0.717) is 0 Å². The van der Waals surface area contributed by atoms with E-state index in [1.807, 2.05) is 0 Å². The van der Waals surface area contributed by atoms with Gasteiger partial charge < -0.3 is 0 Å². The summed E-state index contributed by atoms with van der Waals surface area (Å²) in [5.41, 5.74) is 0. The highest BCUT2D eigenvalue weighted by atomic mass is 127. The van der Waals surface area contributed by atoms with Crippen LogP contribution >= 0.6 is 22.6 Å². The molecule has 2 heteroatoms. The third-order valence-corrected chi connectivity index (χ3v) is 1.90. The van der Waals surface area contributed by atoms with Crippen LogP contribution in [-0.2, 0) is 0 Å². The van der Waals surface area contributed by atoms with Crippen molar-refractivity contribution < 1.29 is 0 Å². The van der Waals surface area contributed by atoms with Crippen molar-refractivity contribution in [3.05, 3.63) is 0 Å². The average Bonchev–Trinajstić information content (AvgIpc) is 2.12. The number of halogens is 1. The second kappa shape index (κ2) is 1.50. The molecule has 0 aromatic rings. The fourth-order valence-corrected chi connectivity index (χ4v) is 0.941. The van der Waals surface area contributed by atoms with Crippen molar-refractivity contribution in [1.82, 2.24) is 0 Å². The Bertz CT molecular complexity index is 33.9. The van der Waals surface area contributed by atoms with E-state index < -0.39 is 0 Å². The van der Waals surface area contributed by atoms with Crippen molar-refractivity contribution in [3.63, 3.8) is 0 Å². The van der Waals surface area contributed by atoms with Crippen LogP contribution in [0.15, 0.2) is 0 Å². The Balaban J connectivity index is 2.00. The average molecular weight is 179 g/mol. The summed E-state index contributed by atoms with van der Waals surface area (Å²) in [7, 11) is 2.34. The fraction of sp³-hybridized carbons (Fsp3) is 1.00. The number of hydrogen-bond donors (Lipinski definition) is 0. The maximum absolute atomic E-state index is 2.41. The Hall–Kier alpha value is 0.795. The summed E-state index contributed by atoms with van der Waals surface area (Å²) in [6.07, 6.45) is 1.38. The third kappa shape index (κ3) is 1.12. The van der Waals surface area contributed by atoms with Crippen molar-refractivity contribution in [2.45, 2.75) is 12.1 Å². The molecule has 0 spiro atoms. The lowest BCUT2D eigenvalue weighted by Gasteiger charge is -1.71. The Morgan fingerprint density at radius 2 is 2.60 bits per heavy atom. The van der Waals surface area contributed by atoms with Gasteiger partial charge in [0.1, 0.15) is 7.28 Å². The van der Waals surface area contributed by atoms with E-state index in [0.717, 1.165) is 5.82 Å². The first kappa shape index (κ1) is 3.97. The van der Waals surface area contributed by atoms with Gasteiger partial charge in [-0.1, -0.05) is 34.7 Å². The number of rotatable bonds is 1. The molecule has 0 nitrogen and oxygen atoms in total. The number of alkyl halides is 1. The van der Waals surface area contributed by atoms with E-state index in [-0.39, 0.29) is 0 Å². The van der Waals surface area contributed by atoms with Crippen LogP contribution in [0.4, 0.5) is 0 Å². The quantitative estimate of drug-likeness (QED) is 0.323. The minimum absolute atomic E-state index is 0.996. The zero-order valence-electron chi connectivity index (χ0n) is 2.95. The standard InChI is InChI=1S/C3H5BI/c5-2-3-1-4-3/h3H,1-2H2. The molecule has 1 aliphatic rings. The molecule has 1 aliphatic heterocycles. The first-order chi connectivity index (χ1) is 2.43. The van der Waals surface area contributed by atoms with E-state index in [1.54, 1.807) is 0 Å². The Morgan fingerprint density at radius 1 is 2.00 bits per heavy atom. The summed E-state index contributed by atoms with van der Waals surface area (Å²) in [4.78, 5) is 0. The molecule has 1 heterocycles. The molecule has 1 unspecified atom stereocenters. The molecule has 0 aromatic heterocycles. The molecule has 0 amide bonds. The first-order valence-electron chi connectivity index (χ1n) is 1.83. The van der Waals surface area contributed by atoms with Crippen LogP contribution in [0.5, 0.6) is 0 Å². The molecule has 0 N–H and O–H groups in total. The molecule has 1 saturated heterocycles. The Labute approximate surface area is 46.7 Å². The summed E-state index contributed by atoms with van der Waals surface area (Å²) in [5, 5.41) is 0. The highest BCUT2D eigenvalue weighted by molar-refractivity contribution is 14.1. The van der Waals surface area contributed by atoms with Crippen molar-refractivity contribution in [3.8, 4) is 0 Å². The molecule has 0 aliphatic carbocycles. The monoisotopic (exact) mass is 179 g/mol. The minimum Gasteiger partial charge on any atom is -0.0869 e. The van der Waals surface area contributed by atoms with Gasteiger partial charge in [-0.05, 0) is 4.43 Å². The summed E-state index contributed by atoms with van der Waals surface area (Å²) < 4.78 is 1.33. The molecule has 0 bridgehead atoms. The molecular formula is C3H5BI. The predicted molar refractivity (Wildman–Crippen MR) is 33.2 cm³/mol. The van der Waals surface area contributed by atoms with Crippen LogP contribution in [0.3, 0.4) is 0 Å². The highest BCUT2D eigenvalue weighted by Gasteiger charge is 2.20. The van der Waals surface area contributed by atoms with Crippen LogP contribution in [0.25, 0.3) is 0 Å². The molecule has 27 valence electrons. The van der Waals surface area contributed by atoms with Gasteiger partial charge in [0.05, 0.1) is 0 Å². The summed E-state index contributed by atoms with van der Waals surface area (Å²) in [5.74, 6) is 0.996. The van der Waals surface area contributed by atoms with E-state index >= 15 is 0 Å². The van der Waals surface area contributed by atoms with Gasteiger partial charge in [0, 0.05) is 0 Å². The second-order valence-electron chi connectivity index (χ2n) is 1.39. The van der Waals surface area contributed by atoms with E-state index in [9.17, 15) is 0 Å². The van der Waals surface area contributed by atoms with Gasteiger partial charge in [-0.3, -0.25) is 0 Å². The molecule has 1 fully saturated rings. The van der Waals surface area contributed by atoms with Crippen LogP contribution in [0, 0.1) is 0 Å². The number of hydrogen-bond acceptors (Lipinski definition) is 0. The van der Waals surface area contributed by atoms with Gasteiger partial charge in [0.15, 0.2) is 0 Å². The fourth-order valence-electron chi connectivity index (χ4n) is 0.222. The highest BCUT2D eigenvalue weighted by Crippen LogP contribution is 2.28. The first-order valence-corrected chi connectivity index (χ1v) is 3.35. The lowest BCUT2D eigenvalue weighted by Crippen LogP contribution is -1.62. The summed E-state index contributed by atoms with van der Waals surface area (Å²) >= 11 is 2.41. The molecule has 1 radical (unpaired) electrons. The summed E-state index contributed by atoms with van der Waals surface area (Å²) in [6.45, 7) is 0. The van der Waals surface area contributed by atoms with Gasteiger partial charge in [-0.25, -0.2) is 0 Å². The molecule has 0 aromatic carbocycles. The van der Waals surface area contributed by atoms with Crippen molar-refractivity contribution in [1.29, 1.82) is 0 Å². The van der Waals surface area contributed by atoms with Gasteiger partial charge >= 0.3 is 0 Å². The molecule has 1 rings (SSSR count). The maximum atomic E-state index is 2.41. The lowest BCUT2D eigenvalue weighted by atomic mass is 10.0. The maximum Gasteiger partial charge on any atom is 0.113 e. The Morgan fingerprint density at radius 3 is 2.60 bits per heavy atom. The Kier molecular flexibility index (Phi) is 1.19. The SMILES string of the molecule is ICC1[B]C1. The molecule has 5 heavy (non-hydrogen) atoms. The zero-order valence-corrected chi connectivity index (χ0v) is 5.10. The van der Waals surface area contributed by atoms with Crippen molar-refractivity contribution in [2.24, 2.45) is 0 Å². The topological polar surface area (TPSA) is 0 Å². The smallest absolute Gasteiger partial charge is 0.0869 e.